The molecular formula is C13H23N3O3S. The monoisotopic (exact) mass is 301 g/mol. The minimum atomic E-state index is -3.58. The lowest BCUT2D eigenvalue weighted by Crippen LogP contribution is -2.32. The number of nitrogens with zero attached hydrogens (tertiary/aromatic N) is 1. The van der Waals surface area contributed by atoms with E-state index in [2.05, 4.69) is 5.32 Å². The summed E-state index contributed by atoms with van der Waals surface area (Å²) in [6.07, 6.45) is 0.525. The summed E-state index contributed by atoms with van der Waals surface area (Å²) >= 11 is 0. The lowest BCUT2D eigenvalue weighted by Gasteiger charge is -2.28. The Hall–Kier alpha value is -1.31. The molecule has 0 aliphatic rings. The van der Waals surface area contributed by atoms with Gasteiger partial charge >= 0.3 is 0 Å². The molecule has 0 fully saturated rings. The molecule has 20 heavy (non-hydrogen) atoms. The minimum Gasteiger partial charge on any atom is -0.396 e. The van der Waals surface area contributed by atoms with E-state index in [1.165, 1.54) is 20.2 Å². The van der Waals surface area contributed by atoms with Gasteiger partial charge in [-0.3, -0.25) is 0 Å². The van der Waals surface area contributed by atoms with Gasteiger partial charge in [0.05, 0.1) is 11.4 Å². The molecule has 0 aliphatic heterocycles. The highest BCUT2D eigenvalue weighted by Crippen LogP contribution is 2.30. The summed E-state index contributed by atoms with van der Waals surface area (Å²) in [5.74, 6) is 0. The van der Waals surface area contributed by atoms with Gasteiger partial charge in [-0.05, 0) is 32.4 Å². The summed E-state index contributed by atoms with van der Waals surface area (Å²) in [5.41, 5.74) is 6.33. The average molecular weight is 301 g/mol. The van der Waals surface area contributed by atoms with Gasteiger partial charge in [-0.15, -0.1) is 0 Å². The molecule has 0 aliphatic carbocycles. The summed E-state index contributed by atoms with van der Waals surface area (Å²) in [7, 11) is -0.653. The largest absolute Gasteiger partial charge is 0.396 e. The van der Waals surface area contributed by atoms with Crippen molar-refractivity contribution in [1.82, 2.24) is 4.31 Å². The van der Waals surface area contributed by atoms with Crippen molar-refractivity contribution < 1.29 is 13.5 Å². The number of hydrogen-bond donors (Lipinski definition) is 3. The SMILES string of the molecule is CN(C)S(=O)(=O)c1cccc(NC(C)(C)CCO)c1N. The van der Waals surface area contributed by atoms with Gasteiger partial charge in [0.2, 0.25) is 10.0 Å². The maximum atomic E-state index is 12.2. The Labute approximate surface area is 120 Å². The van der Waals surface area contributed by atoms with Gasteiger partial charge < -0.3 is 16.2 Å². The fourth-order valence-corrected chi connectivity index (χ4v) is 2.81. The first-order valence-corrected chi connectivity index (χ1v) is 7.76. The number of anilines is 2. The van der Waals surface area contributed by atoms with Crippen LogP contribution >= 0.6 is 0 Å². The molecule has 114 valence electrons. The number of nitrogen functional groups attached to an aromatic ring is 1. The van der Waals surface area contributed by atoms with Gasteiger partial charge in [-0.25, -0.2) is 12.7 Å². The van der Waals surface area contributed by atoms with Crippen LogP contribution in [0.15, 0.2) is 23.1 Å². The second kappa shape index (κ2) is 5.99. The quantitative estimate of drug-likeness (QED) is 0.684. The molecule has 7 heteroatoms. The fourth-order valence-electron chi connectivity index (χ4n) is 1.78. The Morgan fingerprint density at radius 2 is 1.95 bits per heavy atom. The molecule has 0 amide bonds. The van der Waals surface area contributed by atoms with Crippen LogP contribution < -0.4 is 11.1 Å². The van der Waals surface area contributed by atoms with E-state index in [-0.39, 0.29) is 22.7 Å². The van der Waals surface area contributed by atoms with Crippen LogP contribution in [-0.4, -0.2) is 44.1 Å². The molecule has 0 saturated heterocycles. The standard InChI is InChI=1S/C13H23N3O3S/c1-13(2,8-9-17)15-10-6-5-7-11(12(10)14)20(18,19)16(3)4/h5-7,15,17H,8-9,14H2,1-4H3. The van der Waals surface area contributed by atoms with Crippen LogP contribution in [0.1, 0.15) is 20.3 Å². The first kappa shape index (κ1) is 16.7. The molecule has 4 N–H and O–H groups in total. The Kier molecular flexibility index (Phi) is 5.01. The lowest BCUT2D eigenvalue weighted by molar-refractivity contribution is 0.261. The van der Waals surface area contributed by atoms with Gasteiger partial charge in [0.25, 0.3) is 0 Å². The molecule has 0 heterocycles. The number of sulfonamides is 1. The Morgan fingerprint density at radius 3 is 2.45 bits per heavy atom. The molecule has 1 rings (SSSR count). The number of aliphatic hydroxyl groups is 1. The third-order valence-corrected chi connectivity index (χ3v) is 4.91. The molecule has 6 nitrogen and oxygen atoms in total. The summed E-state index contributed by atoms with van der Waals surface area (Å²) in [5, 5.41) is 12.2. The average Bonchev–Trinajstić information content (AvgIpc) is 2.31. The van der Waals surface area contributed by atoms with E-state index in [0.717, 1.165) is 4.31 Å². The number of aliphatic hydroxyl groups excluding tert-OH is 1. The molecule has 0 saturated carbocycles. The zero-order valence-electron chi connectivity index (χ0n) is 12.3. The van der Waals surface area contributed by atoms with Crippen molar-refractivity contribution in [3.8, 4) is 0 Å². The summed E-state index contributed by atoms with van der Waals surface area (Å²) in [6.45, 7) is 3.86. The number of nitrogens with two attached hydrogens (primary N) is 1. The Bertz CT molecular complexity index is 568. The van der Waals surface area contributed by atoms with Crippen LogP contribution in [0.3, 0.4) is 0 Å². The molecule has 0 atom stereocenters. The number of para-hydroxylation sites is 1. The van der Waals surface area contributed by atoms with Gasteiger partial charge in [-0.2, -0.15) is 0 Å². The summed E-state index contributed by atoms with van der Waals surface area (Å²) < 4.78 is 25.5. The first-order valence-electron chi connectivity index (χ1n) is 6.32. The second-order valence-electron chi connectivity index (χ2n) is 5.49. The Morgan fingerprint density at radius 1 is 1.35 bits per heavy atom. The highest BCUT2D eigenvalue weighted by molar-refractivity contribution is 7.89. The van der Waals surface area contributed by atoms with Crippen molar-refractivity contribution >= 4 is 21.4 Å². The van der Waals surface area contributed by atoms with Gasteiger partial charge in [0.1, 0.15) is 4.90 Å². The van der Waals surface area contributed by atoms with Crippen LogP contribution in [0.4, 0.5) is 11.4 Å². The van der Waals surface area contributed by atoms with E-state index in [1.54, 1.807) is 12.1 Å². The van der Waals surface area contributed by atoms with Gasteiger partial charge in [-0.1, -0.05) is 6.07 Å². The van der Waals surface area contributed by atoms with E-state index in [0.29, 0.717) is 12.1 Å². The van der Waals surface area contributed by atoms with E-state index >= 15 is 0 Å². The number of rotatable bonds is 6. The smallest absolute Gasteiger partial charge is 0.244 e. The molecule has 1 aromatic carbocycles. The Balaban J connectivity index is 3.21. The highest BCUT2D eigenvalue weighted by Gasteiger charge is 2.24. The second-order valence-corrected chi connectivity index (χ2v) is 7.61. The fraction of sp³-hybridized carbons (Fsp3) is 0.538. The van der Waals surface area contributed by atoms with Crippen LogP contribution in [0.2, 0.25) is 0 Å². The van der Waals surface area contributed by atoms with E-state index in [9.17, 15) is 8.42 Å². The molecule has 0 spiro atoms. The number of hydrogen-bond acceptors (Lipinski definition) is 5. The van der Waals surface area contributed by atoms with Crippen LogP contribution in [0.25, 0.3) is 0 Å². The molecular weight excluding hydrogens is 278 g/mol. The molecule has 0 unspecified atom stereocenters. The molecule has 0 radical (unpaired) electrons. The maximum Gasteiger partial charge on any atom is 0.244 e. The molecule has 0 bridgehead atoms. The summed E-state index contributed by atoms with van der Waals surface area (Å²) in [6, 6.07) is 4.85. The third-order valence-electron chi connectivity index (χ3n) is 3.03. The molecule has 1 aromatic rings. The summed E-state index contributed by atoms with van der Waals surface area (Å²) in [4.78, 5) is 0.0762. The zero-order valence-corrected chi connectivity index (χ0v) is 13.2. The maximum absolute atomic E-state index is 12.2. The number of benzene rings is 1. The highest BCUT2D eigenvalue weighted by atomic mass is 32.2. The minimum absolute atomic E-state index is 0.0373. The van der Waals surface area contributed by atoms with Crippen molar-refractivity contribution in [3.63, 3.8) is 0 Å². The van der Waals surface area contributed by atoms with Gasteiger partial charge in [0, 0.05) is 26.2 Å². The topological polar surface area (TPSA) is 95.7 Å². The van der Waals surface area contributed by atoms with Crippen LogP contribution in [0, 0.1) is 0 Å². The first-order chi connectivity index (χ1) is 9.12. The normalized spacial score (nSPS) is 12.7. The third kappa shape index (κ3) is 3.62. The van der Waals surface area contributed by atoms with Crippen molar-refractivity contribution in [2.24, 2.45) is 0 Å². The van der Waals surface area contributed by atoms with Gasteiger partial charge in [0.15, 0.2) is 0 Å². The van der Waals surface area contributed by atoms with Crippen molar-refractivity contribution in [1.29, 1.82) is 0 Å². The van der Waals surface area contributed by atoms with Crippen molar-refractivity contribution in [2.45, 2.75) is 30.7 Å². The van der Waals surface area contributed by atoms with Crippen molar-refractivity contribution in [2.75, 3.05) is 31.8 Å². The predicted octanol–water partition coefficient (Wildman–Crippen LogP) is 1.09. The zero-order chi connectivity index (χ0) is 15.6. The van der Waals surface area contributed by atoms with E-state index < -0.39 is 10.0 Å². The predicted molar refractivity (Wildman–Crippen MR) is 81.1 cm³/mol. The van der Waals surface area contributed by atoms with E-state index in [4.69, 9.17) is 10.8 Å². The van der Waals surface area contributed by atoms with Crippen LogP contribution in [-0.2, 0) is 10.0 Å². The lowest BCUT2D eigenvalue weighted by atomic mass is 10.0. The van der Waals surface area contributed by atoms with Crippen molar-refractivity contribution in [3.05, 3.63) is 18.2 Å². The molecule has 0 aromatic heterocycles. The van der Waals surface area contributed by atoms with Crippen LogP contribution in [0.5, 0.6) is 0 Å². The number of nitrogens with one attached hydrogen (secondary N) is 1. The van der Waals surface area contributed by atoms with E-state index in [1.807, 2.05) is 13.8 Å².